The first-order valence-corrected chi connectivity index (χ1v) is 8.92. The molecule has 1 rings (SSSR count). The number of methoxy groups -OCH3 is 1. The summed E-state index contributed by atoms with van der Waals surface area (Å²) in [6.07, 6.45) is -5.60. The van der Waals surface area contributed by atoms with E-state index >= 15 is 0 Å². The molecule has 0 radical (unpaired) electrons. The van der Waals surface area contributed by atoms with E-state index in [0.29, 0.717) is 0 Å². The average molecular weight is 418 g/mol. The Hall–Kier alpha value is -2.69. The first kappa shape index (κ1) is 24.3. The molecule has 164 valence electrons. The van der Waals surface area contributed by atoms with Gasteiger partial charge in [-0.05, 0) is 6.42 Å². The molecule has 0 bridgehead atoms. The molecule has 1 aliphatic heterocycles. The summed E-state index contributed by atoms with van der Waals surface area (Å²) in [5, 5.41) is 0. The maximum atomic E-state index is 11.7. The molecular weight excluding hydrogens is 392 g/mol. The molecule has 1 aliphatic rings. The molecule has 11 heteroatoms. The third-order valence-corrected chi connectivity index (χ3v) is 3.95. The summed E-state index contributed by atoms with van der Waals surface area (Å²) in [4.78, 5) is 57.6. The van der Waals surface area contributed by atoms with E-state index in [0.717, 1.165) is 20.8 Å². The predicted molar refractivity (Wildman–Crippen MR) is 93.2 cm³/mol. The van der Waals surface area contributed by atoms with E-state index in [1.165, 1.54) is 14.0 Å². The van der Waals surface area contributed by atoms with Crippen molar-refractivity contribution in [3.8, 4) is 0 Å². The molecule has 0 saturated carbocycles. The predicted octanol–water partition coefficient (Wildman–Crippen LogP) is 0.0652. The third-order valence-electron chi connectivity index (χ3n) is 3.95. The number of rotatable bonds is 8. The molecule has 0 aromatic heterocycles. The van der Waals surface area contributed by atoms with Gasteiger partial charge in [0.1, 0.15) is 12.7 Å². The van der Waals surface area contributed by atoms with Crippen molar-refractivity contribution in [3.05, 3.63) is 0 Å². The summed E-state index contributed by atoms with van der Waals surface area (Å²) in [5.74, 6) is -3.26. The van der Waals surface area contributed by atoms with E-state index < -0.39 is 60.4 Å². The molecular formula is C18H26O11. The summed E-state index contributed by atoms with van der Waals surface area (Å²) >= 11 is 0. The number of ether oxygens (including phenoxy) is 6. The number of esters is 5. The minimum atomic E-state index is -1.24. The lowest BCUT2D eigenvalue weighted by atomic mass is 9.92. The van der Waals surface area contributed by atoms with Crippen LogP contribution in [0.15, 0.2) is 0 Å². The van der Waals surface area contributed by atoms with Gasteiger partial charge in [-0.3, -0.25) is 24.0 Å². The van der Waals surface area contributed by atoms with Crippen LogP contribution in [0.3, 0.4) is 0 Å². The second-order valence-electron chi connectivity index (χ2n) is 6.35. The number of hydrogen-bond acceptors (Lipinski definition) is 11. The lowest BCUT2D eigenvalue weighted by molar-refractivity contribution is -0.253. The first-order chi connectivity index (χ1) is 13.5. The van der Waals surface area contributed by atoms with Crippen molar-refractivity contribution in [3.63, 3.8) is 0 Å². The minimum Gasteiger partial charge on any atom is -0.469 e. The highest BCUT2D eigenvalue weighted by atomic mass is 16.7. The summed E-state index contributed by atoms with van der Waals surface area (Å²) in [5.41, 5.74) is 0. The highest BCUT2D eigenvalue weighted by molar-refractivity contribution is 5.70. The molecule has 0 spiro atoms. The van der Waals surface area contributed by atoms with E-state index in [1.54, 1.807) is 0 Å². The van der Waals surface area contributed by atoms with E-state index in [4.69, 9.17) is 23.7 Å². The molecule has 0 aromatic rings. The Labute approximate surface area is 167 Å². The third kappa shape index (κ3) is 8.06. The van der Waals surface area contributed by atoms with E-state index in [9.17, 15) is 24.0 Å². The molecule has 0 aromatic carbocycles. The van der Waals surface area contributed by atoms with Crippen molar-refractivity contribution in [2.24, 2.45) is 0 Å². The summed E-state index contributed by atoms with van der Waals surface area (Å²) in [6, 6.07) is 0. The van der Waals surface area contributed by atoms with Crippen LogP contribution in [0.5, 0.6) is 0 Å². The minimum absolute atomic E-state index is 0.0474. The first-order valence-electron chi connectivity index (χ1n) is 8.92. The van der Waals surface area contributed by atoms with Gasteiger partial charge in [-0.15, -0.1) is 0 Å². The number of carbonyl (C=O) groups is 5. The lowest BCUT2D eigenvalue weighted by Crippen LogP contribution is -2.62. The van der Waals surface area contributed by atoms with Crippen molar-refractivity contribution >= 4 is 29.8 Å². The average Bonchev–Trinajstić information content (AvgIpc) is 2.60. The Morgan fingerprint density at radius 1 is 0.724 bits per heavy atom. The Bertz CT molecular complexity index is 629. The molecule has 1 fully saturated rings. The fourth-order valence-electron chi connectivity index (χ4n) is 2.91. The van der Waals surface area contributed by atoms with Crippen LogP contribution >= 0.6 is 0 Å². The van der Waals surface area contributed by atoms with Crippen LogP contribution < -0.4 is 0 Å². The van der Waals surface area contributed by atoms with E-state index in [1.807, 2.05) is 0 Å². The van der Waals surface area contributed by atoms with Crippen LogP contribution in [0.1, 0.15) is 40.5 Å². The second-order valence-corrected chi connectivity index (χ2v) is 6.35. The van der Waals surface area contributed by atoms with Gasteiger partial charge in [0, 0.05) is 34.1 Å². The zero-order chi connectivity index (χ0) is 22.1. The number of hydrogen-bond donors (Lipinski definition) is 0. The highest BCUT2D eigenvalue weighted by Gasteiger charge is 2.51. The van der Waals surface area contributed by atoms with Crippen LogP contribution in [0.4, 0.5) is 0 Å². The van der Waals surface area contributed by atoms with Crippen LogP contribution in [0.2, 0.25) is 0 Å². The van der Waals surface area contributed by atoms with Gasteiger partial charge in [0.2, 0.25) is 0 Å². The molecule has 1 saturated heterocycles. The highest BCUT2D eigenvalue weighted by Crippen LogP contribution is 2.31. The van der Waals surface area contributed by atoms with Gasteiger partial charge < -0.3 is 28.4 Å². The molecule has 29 heavy (non-hydrogen) atoms. The molecule has 5 atom stereocenters. The van der Waals surface area contributed by atoms with Gasteiger partial charge in [-0.25, -0.2) is 0 Å². The van der Waals surface area contributed by atoms with Gasteiger partial charge >= 0.3 is 29.8 Å². The van der Waals surface area contributed by atoms with E-state index in [-0.39, 0.29) is 19.4 Å². The zero-order valence-corrected chi connectivity index (χ0v) is 17.0. The van der Waals surface area contributed by atoms with Crippen LogP contribution in [0, 0.1) is 0 Å². The topological polar surface area (TPSA) is 141 Å². The smallest absolute Gasteiger partial charge is 0.305 e. The van der Waals surface area contributed by atoms with Crippen LogP contribution in [-0.2, 0) is 52.4 Å². The Morgan fingerprint density at radius 2 is 1.21 bits per heavy atom. The van der Waals surface area contributed by atoms with Crippen molar-refractivity contribution in [2.45, 2.75) is 71.1 Å². The second kappa shape index (κ2) is 11.3. The Balaban J connectivity index is 3.26. The van der Waals surface area contributed by atoms with Crippen LogP contribution in [0.25, 0.3) is 0 Å². The molecule has 0 unspecified atom stereocenters. The fourth-order valence-corrected chi connectivity index (χ4v) is 2.91. The van der Waals surface area contributed by atoms with E-state index in [2.05, 4.69) is 4.74 Å². The summed E-state index contributed by atoms with van der Waals surface area (Å²) in [7, 11) is 1.22. The van der Waals surface area contributed by atoms with Crippen molar-refractivity contribution in [2.75, 3.05) is 13.7 Å². The lowest BCUT2D eigenvalue weighted by Gasteiger charge is -2.44. The standard InChI is InChI=1S/C18H26O11/c1-9(19)25-8-14-17(27-11(3)21)18(28-12(4)22)16(26-10(2)20)13(29-14)6-7-15(23)24-5/h13-14,16-18H,6-8H2,1-5H3/t13-,14-,16+,17+,18-/m1/s1. The van der Waals surface area contributed by atoms with Gasteiger partial charge in [0.05, 0.1) is 13.2 Å². The maximum absolute atomic E-state index is 11.7. The normalized spacial score (nSPS) is 26.0. The van der Waals surface area contributed by atoms with Crippen molar-refractivity contribution in [1.29, 1.82) is 0 Å². The SMILES string of the molecule is COC(=O)CC[C@H]1O[C@H](COC(C)=O)[C@H](OC(C)=O)[C@H](OC(C)=O)[C@H]1OC(C)=O. The van der Waals surface area contributed by atoms with Gasteiger partial charge in [0.15, 0.2) is 18.3 Å². The van der Waals surface area contributed by atoms with Gasteiger partial charge in [0.25, 0.3) is 0 Å². The maximum Gasteiger partial charge on any atom is 0.305 e. The molecule has 11 nitrogen and oxygen atoms in total. The summed E-state index contributed by atoms with van der Waals surface area (Å²) in [6.45, 7) is 4.29. The number of carbonyl (C=O) groups excluding carboxylic acids is 5. The fraction of sp³-hybridized carbons (Fsp3) is 0.722. The van der Waals surface area contributed by atoms with Gasteiger partial charge in [-0.1, -0.05) is 0 Å². The molecule has 0 N–H and O–H groups in total. The summed E-state index contributed by atoms with van der Waals surface area (Å²) < 4.78 is 31.2. The van der Waals surface area contributed by atoms with Gasteiger partial charge in [-0.2, -0.15) is 0 Å². The Kier molecular flexibility index (Phi) is 9.53. The monoisotopic (exact) mass is 418 g/mol. The van der Waals surface area contributed by atoms with Crippen LogP contribution in [-0.4, -0.2) is 74.1 Å². The molecule has 0 amide bonds. The Morgan fingerprint density at radius 3 is 1.66 bits per heavy atom. The van der Waals surface area contributed by atoms with Crippen molar-refractivity contribution in [1.82, 2.24) is 0 Å². The molecule has 0 aliphatic carbocycles. The van der Waals surface area contributed by atoms with Crippen molar-refractivity contribution < 1.29 is 52.4 Å². The zero-order valence-electron chi connectivity index (χ0n) is 17.0. The quantitative estimate of drug-likeness (QED) is 0.390. The largest absolute Gasteiger partial charge is 0.469 e. The molecule has 1 heterocycles.